The van der Waals surface area contributed by atoms with Crippen molar-refractivity contribution in [3.63, 3.8) is 0 Å². The van der Waals surface area contributed by atoms with Gasteiger partial charge >= 0.3 is 11.9 Å². The van der Waals surface area contributed by atoms with Gasteiger partial charge in [0.2, 0.25) is 0 Å². The summed E-state index contributed by atoms with van der Waals surface area (Å²) in [6.07, 6.45) is 13.3. The van der Waals surface area contributed by atoms with Crippen LogP contribution in [0.15, 0.2) is 0 Å². The summed E-state index contributed by atoms with van der Waals surface area (Å²) in [5, 5.41) is 0. The summed E-state index contributed by atoms with van der Waals surface area (Å²) in [5.74, 6) is 4.88. The predicted octanol–water partition coefficient (Wildman–Crippen LogP) is 7.58. The van der Waals surface area contributed by atoms with Crippen LogP contribution >= 0.6 is 0 Å². The van der Waals surface area contributed by atoms with E-state index in [4.69, 9.17) is 9.47 Å². The van der Waals surface area contributed by atoms with E-state index in [1.165, 1.54) is 71.6 Å². The molecule has 0 unspecified atom stereocenters. The van der Waals surface area contributed by atoms with Crippen LogP contribution in [0.4, 0.5) is 0 Å². The summed E-state index contributed by atoms with van der Waals surface area (Å²) >= 11 is 0. The van der Waals surface area contributed by atoms with Crippen molar-refractivity contribution in [2.45, 2.75) is 131 Å². The van der Waals surface area contributed by atoms with E-state index in [0.717, 1.165) is 42.4 Å². The van der Waals surface area contributed by atoms with Gasteiger partial charge in [0.05, 0.1) is 0 Å². The summed E-state index contributed by atoms with van der Waals surface area (Å²) in [4.78, 5) is 23.7. The molecule has 0 aromatic heterocycles. The first-order valence-electron chi connectivity index (χ1n) is 14.8. The summed E-state index contributed by atoms with van der Waals surface area (Å²) in [6.45, 7) is 15.3. The van der Waals surface area contributed by atoms with Crippen LogP contribution < -0.4 is 0 Å². The van der Waals surface area contributed by atoms with Crippen LogP contribution in [0, 0.1) is 52.3 Å². The van der Waals surface area contributed by atoms with Gasteiger partial charge in [-0.1, -0.05) is 53.9 Å². The van der Waals surface area contributed by atoms with Crippen molar-refractivity contribution >= 4 is 11.9 Å². The molecular formula is C31H52O4. The molecule has 0 heterocycles. The Morgan fingerprint density at radius 2 is 1.49 bits per heavy atom. The second-order valence-corrected chi connectivity index (χ2v) is 13.9. The van der Waals surface area contributed by atoms with E-state index in [1.807, 2.05) is 0 Å². The highest BCUT2D eigenvalue weighted by atomic mass is 16.6. The number of carbonyl (C=O) groups is 2. The summed E-state index contributed by atoms with van der Waals surface area (Å²) in [6, 6.07) is 0. The molecule has 0 radical (unpaired) electrons. The first-order valence-corrected chi connectivity index (χ1v) is 14.8. The molecule has 0 aromatic carbocycles. The Hall–Kier alpha value is -1.06. The van der Waals surface area contributed by atoms with Gasteiger partial charge in [-0.2, -0.15) is 0 Å². The SMILES string of the molecule is CC(=O)O[C@H]1C[C@@H]2CC[C@H]3[C@@H](CC[C@]4(C)[C@@H]3CC[C@H]4[C@H](C)CCCC(C)C)[C@@]2(C)C[C@H]1OC(C)=O. The molecule has 10 atom stereocenters. The van der Waals surface area contributed by atoms with E-state index in [0.29, 0.717) is 17.3 Å². The maximum atomic E-state index is 11.9. The van der Waals surface area contributed by atoms with Crippen LogP contribution in [0.2, 0.25) is 0 Å². The monoisotopic (exact) mass is 488 g/mol. The van der Waals surface area contributed by atoms with Crippen molar-refractivity contribution in [1.29, 1.82) is 0 Å². The molecule has 0 aromatic rings. The highest BCUT2D eigenvalue weighted by molar-refractivity contribution is 5.67. The van der Waals surface area contributed by atoms with Crippen molar-refractivity contribution in [1.82, 2.24) is 0 Å². The third kappa shape index (κ3) is 5.19. The molecule has 4 aliphatic carbocycles. The smallest absolute Gasteiger partial charge is 0.303 e. The van der Waals surface area contributed by atoms with E-state index in [9.17, 15) is 9.59 Å². The lowest BCUT2D eigenvalue weighted by Gasteiger charge is -2.62. The van der Waals surface area contributed by atoms with Crippen LogP contribution in [0.1, 0.15) is 119 Å². The van der Waals surface area contributed by atoms with Crippen LogP contribution in [0.25, 0.3) is 0 Å². The first kappa shape index (κ1) is 27.0. The van der Waals surface area contributed by atoms with Crippen molar-refractivity contribution in [2.24, 2.45) is 52.3 Å². The Morgan fingerprint density at radius 3 is 2.14 bits per heavy atom. The lowest BCUT2D eigenvalue weighted by Crippen LogP contribution is -2.57. The first-order chi connectivity index (χ1) is 16.5. The summed E-state index contributed by atoms with van der Waals surface area (Å²) in [7, 11) is 0. The largest absolute Gasteiger partial charge is 0.459 e. The van der Waals surface area contributed by atoms with Gasteiger partial charge in [0.1, 0.15) is 12.2 Å². The molecule has 0 bridgehead atoms. The fraction of sp³-hybridized carbons (Fsp3) is 0.935. The Bertz CT molecular complexity index is 776. The topological polar surface area (TPSA) is 52.6 Å². The third-order valence-corrected chi connectivity index (χ3v) is 11.5. The molecule has 4 fully saturated rings. The van der Waals surface area contributed by atoms with Gasteiger partial charge in [-0.05, 0) is 104 Å². The molecule has 0 N–H and O–H groups in total. The van der Waals surface area contributed by atoms with Crippen LogP contribution in [-0.4, -0.2) is 24.1 Å². The van der Waals surface area contributed by atoms with Crippen molar-refractivity contribution < 1.29 is 19.1 Å². The average molecular weight is 489 g/mol. The van der Waals surface area contributed by atoms with Crippen LogP contribution in [-0.2, 0) is 19.1 Å². The van der Waals surface area contributed by atoms with Crippen molar-refractivity contribution in [2.75, 3.05) is 0 Å². The van der Waals surface area contributed by atoms with Gasteiger partial charge in [-0.25, -0.2) is 0 Å². The maximum Gasteiger partial charge on any atom is 0.303 e. The summed E-state index contributed by atoms with van der Waals surface area (Å²) in [5.41, 5.74) is 0.661. The molecule has 200 valence electrons. The zero-order chi connectivity index (χ0) is 25.5. The minimum Gasteiger partial charge on any atom is -0.459 e. The van der Waals surface area contributed by atoms with E-state index in [1.54, 1.807) is 0 Å². The molecule has 0 amide bonds. The van der Waals surface area contributed by atoms with Gasteiger partial charge in [-0.15, -0.1) is 0 Å². The van der Waals surface area contributed by atoms with E-state index in [2.05, 4.69) is 34.6 Å². The Balaban J connectivity index is 1.50. The second kappa shape index (κ2) is 10.4. The number of carbonyl (C=O) groups excluding carboxylic acids is 2. The molecule has 0 spiro atoms. The van der Waals surface area contributed by atoms with Gasteiger partial charge in [0.25, 0.3) is 0 Å². The van der Waals surface area contributed by atoms with Gasteiger partial charge in [0.15, 0.2) is 0 Å². The molecule has 4 heteroatoms. The highest BCUT2D eigenvalue weighted by Crippen LogP contribution is 2.68. The molecule has 4 nitrogen and oxygen atoms in total. The zero-order valence-electron chi connectivity index (χ0n) is 23.6. The average Bonchev–Trinajstić information content (AvgIpc) is 3.10. The molecular weight excluding hydrogens is 436 g/mol. The van der Waals surface area contributed by atoms with Crippen LogP contribution in [0.3, 0.4) is 0 Å². The number of esters is 2. The number of hydrogen-bond acceptors (Lipinski definition) is 4. The molecule has 35 heavy (non-hydrogen) atoms. The normalized spacial score (nSPS) is 43.6. The molecule has 4 rings (SSSR count). The zero-order valence-corrected chi connectivity index (χ0v) is 23.6. The third-order valence-electron chi connectivity index (χ3n) is 11.5. The highest BCUT2D eigenvalue weighted by Gasteiger charge is 2.62. The molecule has 4 saturated carbocycles. The molecule has 0 saturated heterocycles. The maximum absolute atomic E-state index is 11.9. The lowest BCUT2D eigenvalue weighted by atomic mass is 9.44. The Labute approximate surface area is 214 Å². The predicted molar refractivity (Wildman–Crippen MR) is 140 cm³/mol. The minimum atomic E-state index is -0.304. The second-order valence-electron chi connectivity index (χ2n) is 13.9. The number of hydrogen-bond donors (Lipinski definition) is 0. The lowest BCUT2D eigenvalue weighted by molar-refractivity contribution is -0.195. The summed E-state index contributed by atoms with van der Waals surface area (Å²) < 4.78 is 11.5. The van der Waals surface area contributed by atoms with E-state index < -0.39 is 0 Å². The van der Waals surface area contributed by atoms with Crippen LogP contribution in [0.5, 0.6) is 0 Å². The number of ether oxygens (including phenoxy) is 2. The van der Waals surface area contributed by atoms with E-state index in [-0.39, 0.29) is 29.6 Å². The minimum absolute atomic E-state index is 0.169. The van der Waals surface area contributed by atoms with Gasteiger partial charge in [0, 0.05) is 13.8 Å². The molecule has 0 aliphatic heterocycles. The van der Waals surface area contributed by atoms with E-state index >= 15 is 0 Å². The Kier molecular flexibility index (Phi) is 7.99. The van der Waals surface area contributed by atoms with Crippen molar-refractivity contribution in [3.8, 4) is 0 Å². The fourth-order valence-electron chi connectivity index (χ4n) is 9.93. The van der Waals surface area contributed by atoms with Crippen molar-refractivity contribution in [3.05, 3.63) is 0 Å². The Morgan fingerprint density at radius 1 is 0.829 bits per heavy atom. The quantitative estimate of drug-likeness (QED) is 0.347. The number of fused-ring (bicyclic) bond motifs is 5. The molecule has 4 aliphatic rings. The van der Waals surface area contributed by atoms with Gasteiger partial charge in [-0.3, -0.25) is 9.59 Å². The number of rotatable bonds is 7. The fourth-order valence-corrected chi connectivity index (χ4v) is 9.93. The van der Waals surface area contributed by atoms with Gasteiger partial charge < -0.3 is 9.47 Å². The standard InChI is InChI=1S/C31H52O4/c1-19(2)9-8-10-20(3)25-13-14-26-24-12-11-23-17-28(34-21(4)32)29(35-22(5)33)18-31(23,7)27(24)15-16-30(25,26)6/h19-20,23-29H,8-18H2,1-7H3/t20-,23+,24-,25+,26-,27-,28+,29-,30+,31+/m1/s1.